The first kappa shape index (κ1) is 43.2. The summed E-state index contributed by atoms with van der Waals surface area (Å²) in [5.74, 6) is 5.87. The summed E-state index contributed by atoms with van der Waals surface area (Å²) in [5, 5.41) is 0. The minimum Gasteiger partial charge on any atom is -0.494 e. The van der Waals surface area contributed by atoms with Crippen LogP contribution in [0.2, 0.25) is 0 Å². The Morgan fingerprint density at radius 3 is 2.37 bits per heavy atom. The van der Waals surface area contributed by atoms with Crippen LogP contribution in [0.25, 0.3) is 11.6 Å². The van der Waals surface area contributed by atoms with E-state index in [-0.39, 0.29) is 17.5 Å². The van der Waals surface area contributed by atoms with Gasteiger partial charge in [-0.15, -0.1) is 0 Å². The van der Waals surface area contributed by atoms with E-state index in [1.807, 2.05) is 18.2 Å². The molecule has 0 N–H and O–H groups in total. The Balaban J connectivity index is 1.04. The first-order chi connectivity index (χ1) is 28.4. The van der Waals surface area contributed by atoms with Gasteiger partial charge in [0.15, 0.2) is 0 Å². The smallest absolute Gasteiger partial charge is 0.339 e. The van der Waals surface area contributed by atoms with Crippen LogP contribution in [-0.2, 0) is 11.2 Å². The molecule has 59 heavy (non-hydrogen) atoms. The summed E-state index contributed by atoms with van der Waals surface area (Å²) in [7, 11) is 0. The van der Waals surface area contributed by atoms with Gasteiger partial charge in [0.05, 0.1) is 12.2 Å². The number of ether oxygens (including phenoxy) is 2. The zero-order chi connectivity index (χ0) is 41.7. The van der Waals surface area contributed by atoms with Crippen LogP contribution in [0.1, 0.15) is 152 Å². The fraction of sp³-hybridized carbons (Fsp3) is 0.554. The summed E-state index contributed by atoms with van der Waals surface area (Å²) in [5.41, 5.74) is 8.57. The van der Waals surface area contributed by atoms with E-state index in [0.717, 1.165) is 90.2 Å². The summed E-state index contributed by atoms with van der Waals surface area (Å²) < 4.78 is 12.7. The molecule has 4 aliphatic rings. The second-order valence-electron chi connectivity index (χ2n) is 19.8. The normalized spacial score (nSPS) is 29.0. The van der Waals surface area contributed by atoms with Gasteiger partial charge in [0.2, 0.25) is 0 Å². The molecule has 3 nitrogen and oxygen atoms in total. The topological polar surface area (TPSA) is 35.5 Å². The van der Waals surface area contributed by atoms with Crippen molar-refractivity contribution in [2.45, 2.75) is 139 Å². The molecule has 0 unspecified atom stereocenters. The Morgan fingerprint density at radius 1 is 0.864 bits per heavy atom. The monoisotopic (exact) mass is 795 g/mol. The molecule has 0 heterocycles. The van der Waals surface area contributed by atoms with E-state index < -0.39 is 0 Å². The minimum atomic E-state index is -0.190. The van der Waals surface area contributed by atoms with Gasteiger partial charge in [0.1, 0.15) is 11.9 Å². The summed E-state index contributed by atoms with van der Waals surface area (Å²) in [6, 6.07) is 25.0. The number of rotatable bonds is 15. The highest BCUT2D eigenvalue weighted by molar-refractivity contribution is 5.98. The molecule has 3 saturated carbocycles. The van der Waals surface area contributed by atoms with Gasteiger partial charge in [0, 0.05) is 6.42 Å². The summed E-state index contributed by atoms with van der Waals surface area (Å²) in [6.45, 7) is 19.7. The average molecular weight is 795 g/mol. The van der Waals surface area contributed by atoms with Crippen LogP contribution >= 0.6 is 0 Å². The molecule has 0 radical (unpaired) electrons. The maximum Gasteiger partial charge on any atom is 0.339 e. The lowest BCUT2D eigenvalue weighted by Crippen LogP contribution is -2.51. The number of carbonyl (C=O) groups is 1. The Labute approximate surface area is 358 Å². The molecule has 3 aromatic rings. The maximum atomic E-state index is 14.4. The third-order valence-electron chi connectivity index (χ3n) is 16.2. The highest BCUT2D eigenvalue weighted by Gasteiger charge is 2.59. The van der Waals surface area contributed by atoms with Gasteiger partial charge in [-0.25, -0.2) is 4.79 Å². The zero-order valence-corrected chi connectivity index (χ0v) is 37.8. The number of aryl methyl sites for hydroxylation is 2. The molecular formula is C56H74O3. The number of benzene rings is 3. The highest BCUT2D eigenvalue weighted by Crippen LogP contribution is 2.67. The molecule has 7 rings (SSSR count). The first-order valence-corrected chi connectivity index (χ1v) is 23.6. The molecule has 3 fully saturated rings. The standard InChI is InChI=1S/C56H74O3/c1-9-41-22-26-46(27-23-41)58-35-15-19-44(36-42-17-12-11-13-18-42)53-40(6)16-14-20-49(53)54(57)59-47-31-33-55(7)45(37-47)25-28-48-51-30-29-50(56(51,8)34-32-52(48)55)39(5)21-24-43(10-2)38(3)4/h11-14,16-18,20-27,36,38-39,43,47-48,50-52H,9-10,15,19,28-35,37H2,1-8H3/b24-21+,44-36-/t39-,43-,47+,48+,50-,51+,52+,55+,56-/m1/s1. The number of hydrogen-bond acceptors (Lipinski definition) is 3. The van der Waals surface area contributed by atoms with Crippen molar-refractivity contribution in [1.82, 2.24) is 0 Å². The second kappa shape index (κ2) is 18.8. The molecule has 0 saturated heterocycles. The summed E-state index contributed by atoms with van der Waals surface area (Å²) >= 11 is 0. The third-order valence-corrected chi connectivity index (χ3v) is 16.2. The van der Waals surface area contributed by atoms with Crippen molar-refractivity contribution in [3.05, 3.63) is 124 Å². The van der Waals surface area contributed by atoms with Gasteiger partial charge in [-0.05, 0) is 176 Å². The van der Waals surface area contributed by atoms with Crippen LogP contribution in [-0.4, -0.2) is 18.7 Å². The third kappa shape index (κ3) is 9.25. The predicted molar refractivity (Wildman–Crippen MR) is 247 cm³/mol. The summed E-state index contributed by atoms with van der Waals surface area (Å²) in [4.78, 5) is 14.4. The largest absolute Gasteiger partial charge is 0.494 e. The van der Waals surface area contributed by atoms with Gasteiger partial charge >= 0.3 is 5.97 Å². The van der Waals surface area contributed by atoms with Crippen molar-refractivity contribution in [1.29, 1.82) is 0 Å². The Kier molecular flexibility index (Phi) is 13.8. The van der Waals surface area contributed by atoms with Crippen LogP contribution in [0, 0.1) is 59.2 Å². The van der Waals surface area contributed by atoms with Crippen molar-refractivity contribution >= 4 is 17.6 Å². The predicted octanol–water partition coefficient (Wildman–Crippen LogP) is 14.9. The van der Waals surface area contributed by atoms with Crippen LogP contribution in [0.15, 0.2) is 96.6 Å². The van der Waals surface area contributed by atoms with E-state index in [1.165, 1.54) is 44.1 Å². The molecule has 4 aliphatic carbocycles. The number of esters is 1. The van der Waals surface area contributed by atoms with E-state index in [1.54, 1.807) is 5.57 Å². The van der Waals surface area contributed by atoms with Crippen LogP contribution in [0.3, 0.4) is 0 Å². The van der Waals surface area contributed by atoms with Gasteiger partial charge in [-0.1, -0.05) is 133 Å². The molecule has 0 aromatic heterocycles. The second-order valence-corrected chi connectivity index (χ2v) is 19.8. The molecule has 0 aliphatic heterocycles. The van der Waals surface area contributed by atoms with Gasteiger partial charge in [-0.2, -0.15) is 0 Å². The van der Waals surface area contributed by atoms with Crippen molar-refractivity contribution in [2.75, 3.05) is 6.61 Å². The van der Waals surface area contributed by atoms with Crippen molar-refractivity contribution in [2.24, 2.45) is 52.3 Å². The minimum absolute atomic E-state index is 0.0871. The highest BCUT2D eigenvalue weighted by atomic mass is 16.5. The van der Waals surface area contributed by atoms with Crippen LogP contribution in [0.4, 0.5) is 0 Å². The lowest BCUT2D eigenvalue weighted by molar-refractivity contribution is -0.0565. The first-order valence-electron chi connectivity index (χ1n) is 23.6. The maximum absolute atomic E-state index is 14.4. The number of allylic oxidation sites excluding steroid dienone is 4. The molecule has 0 bridgehead atoms. The van der Waals surface area contributed by atoms with Crippen molar-refractivity contribution < 1.29 is 14.3 Å². The van der Waals surface area contributed by atoms with Crippen molar-refractivity contribution in [3.63, 3.8) is 0 Å². The van der Waals surface area contributed by atoms with E-state index in [4.69, 9.17) is 9.47 Å². The number of fused-ring (bicyclic) bond motifs is 5. The van der Waals surface area contributed by atoms with Gasteiger partial charge < -0.3 is 9.47 Å². The average Bonchev–Trinajstić information content (AvgIpc) is 3.60. The summed E-state index contributed by atoms with van der Waals surface area (Å²) in [6.07, 6.45) is 23.4. The lowest BCUT2D eigenvalue weighted by atomic mass is 9.47. The van der Waals surface area contributed by atoms with E-state index in [2.05, 4.69) is 134 Å². The number of hydrogen-bond donors (Lipinski definition) is 0. The molecule has 316 valence electrons. The Bertz CT molecular complexity index is 1970. The Hall–Kier alpha value is -3.85. The molecule has 0 spiro atoms. The van der Waals surface area contributed by atoms with Gasteiger partial charge in [0.25, 0.3) is 0 Å². The van der Waals surface area contributed by atoms with E-state index >= 15 is 0 Å². The molecule has 3 aromatic carbocycles. The molecule has 3 heteroatoms. The van der Waals surface area contributed by atoms with Crippen molar-refractivity contribution in [3.8, 4) is 5.75 Å². The van der Waals surface area contributed by atoms with Crippen LogP contribution in [0.5, 0.6) is 5.75 Å². The fourth-order valence-corrected chi connectivity index (χ4v) is 12.7. The number of carbonyl (C=O) groups excluding carboxylic acids is 1. The fourth-order valence-electron chi connectivity index (χ4n) is 12.7. The Morgan fingerprint density at radius 2 is 1.64 bits per heavy atom. The van der Waals surface area contributed by atoms with Gasteiger partial charge in [-0.3, -0.25) is 0 Å². The quantitative estimate of drug-likeness (QED) is 0.0665. The van der Waals surface area contributed by atoms with E-state index in [9.17, 15) is 4.79 Å². The lowest BCUT2D eigenvalue weighted by Gasteiger charge is -2.58. The van der Waals surface area contributed by atoms with Crippen LogP contribution < -0.4 is 4.74 Å². The zero-order valence-electron chi connectivity index (χ0n) is 37.8. The SMILES string of the molecule is CCc1ccc(OCCC/C(=C/c2ccccc2)c2c(C)cccc2C(=O)O[C@H]2CC[C@@]3(C)C(=CC[C@H]4[C@@H]5CC[C@H]([C@H](C)/C=C/[C@@H](CC)C(C)C)[C@@]5(C)CC[C@@H]43)C2)cc1. The van der Waals surface area contributed by atoms with E-state index in [0.29, 0.717) is 35.3 Å². The molecule has 9 atom stereocenters. The molecule has 0 amide bonds. The molecular weight excluding hydrogens is 721 g/mol.